The van der Waals surface area contributed by atoms with Crippen LogP contribution in [0.2, 0.25) is 0 Å². The minimum Gasteiger partial charge on any atom is -0.382 e. The highest BCUT2D eigenvalue weighted by Gasteiger charge is 2.58. The van der Waals surface area contributed by atoms with Crippen LogP contribution in [-0.4, -0.2) is 97.4 Å². The van der Waals surface area contributed by atoms with E-state index in [1.165, 1.54) is 27.9 Å². The predicted octanol–water partition coefficient (Wildman–Crippen LogP) is 2.02. The van der Waals surface area contributed by atoms with E-state index < -0.39 is 67.9 Å². The van der Waals surface area contributed by atoms with Crippen LogP contribution in [0.25, 0.3) is 16.8 Å². The predicted molar refractivity (Wildman–Crippen MR) is 132 cm³/mol. The Morgan fingerprint density at radius 1 is 1.20 bits per heavy atom. The molecule has 10 nitrogen and oxygen atoms in total. The van der Waals surface area contributed by atoms with Crippen LogP contribution in [0.5, 0.6) is 0 Å². The van der Waals surface area contributed by atoms with Crippen molar-refractivity contribution in [3.05, 3.63) is 47.8 Å². The van der Waals surface area contributed by atoms with Gasteiger partial charge in [-0.25, -0.2) is 22.7 Å². The number of nitrogen functional groups attached to an aromatic ring is 1. The number of hydrogen-bond donors (Lipinski definition) is 3. The van der Waals surface area contributed by atoms with Gasteiger partial charge in [-0.2, -0.15) is 18.3 Å². The number of carbonyl (C=O) groups is 2. The van der Waals surface area contributed by atoms with Gasteiger partial charge in [-0.15, -0.1) is 0 Å². The van der Waals surface area contributed by atoms with Crippen LogP contribution >= 0.6 is 0 Å². The number of hydrogen-bond acceptors (Lipinski definition) is 7. The Morgan fingerprint density at radius 2 is 1.90 bits per heavy atom. The van der Waals surface area contributed by atoms with Gasteiger partial charge in [0.1, 0.15) is 18.0 Å². The third-order valence-electron chi connectivity index (χ3n) is 7.21. The Kier molecular flexibility index (Phi) is 6.88. The summed E-state index contributed by atoms with van der Waals surface area (Å²) in [6, 6.07) is 6.48. The van der Waals surface area contributed by atoms with E-state index in [0.717, 1.165) is 0 Å². The zero-order valence-corrected chi connectivity index (χ0v) is 21.5. The molecule has 2 fully saturated rings. The molecule has 2 aliphatic rings. The zero-order chi connectivity index (χ0) is 29.9. The van der Waals surface area contributed by atoms with Crippen molar-refractivity contribution >= 4 is 23.1 Å². The van der Waals surface area contributed by atoms with Crippen LogP contribution in [0.4, 0.5) is 32.2 Å². The molecular weight excluding hydrogens is 560 g/mol. The second-order valence-electron chi connectivity index (χ2n) is 10.4. The van der Waals surface area contributed by atoms with Crippen molar-refractivity contribution in [2.75, 3.05) is 31.9 Å². The lowest BCUT2D eigenvalue weighted by atomic mass is 10.1. The van der Waals surface area contributed by atoms with Crippen molar-refractivity contribution in [1.29, 1.82) is 0 Å². The Balaban J connectivity index is 1.35. The molecule has 2 aliphatic heterocycles. The molecule has 0 bridgehead atoms. The summed E-state index contributed by atoms with van der Waals surface area (Å²) in [6.45, 7) is -1.68. The quantitative estimate of drug-likeness (QED) is 0.378. The first-order chi connectivity index (χ1) is 19.1. The van der Waals surface area contributed by atoms with Crippen molar-refractivity contribution in [1.82, 2.24) is 29.7 Å². The van der Waals surface area contributed by atoms with E-state index in [2.05, 4.69) is 15.4 Å². The molecule has 220 valence electrons. The number of benzene rings is 1. The van der Waals surface area contributed by atoms with Crippen molar-refractivity contribution in [3.8, 4) is 11.3 Å². The first kappa shape index (κ1) is 28.6. The van der Waals surface area contributed by atoms with E-state index >= 15 is 0 Å². The molecule has 4 heterocycles. The van der Waals surface area contributed by atoms with Crippen LogP contribution < -0.4 is 11.1 Å². The number of rotatable bonds is 6. The Morgan fingerprint density at radius 3 is 2.56 bits per heavy atom. The molecule has 5 rings (SSSR count). The van der Waals surface area contributed by atoms with Gasteiger partial charge in [-0.3, -0.25) is 14.5 Å². The topological polar surface area (TPSA) is 129 Å². The first-order valence-corrected chi connectivity index (χ1v) is 12.4. The lowest BCUT2D eigenvalue weighted by molar-refractivity contribution is -0.249. The third kappa shape index (κ3) is 5.28. The maximum Gasteiger partial charge on any atom is 0.426 e. The van der Waals surface area contributed by atoms with Gasteiger partial charge >= 0.3 is 6.18 Å². The zero-order valence-electron chi connectivity index (χ0n) is 21.5. The molecular formula is C25H25F6N7O3. The van der Waals surface area contributed by atoms with E-state index in [9.17, 15) is 41.0 Å². The molecule has 2 amide bonds. The van der Waals surface area contributed by atoms with Gasteiger partial charge in [0.05, 0.1) is 31.4 Å². The third-order valence-corrected chi connectivity index (χ3v) is 7.21. The molecule has 0 radical (unpaired) electrons. The van der Waals surface area contributed by atoms with E-state index in [-0.39, 0.29) is 24.8 Å². The number of nitrogens with zero attached hydrogens (tertiary/aromatic N) is 5. The number of fused-ring (bicyclic) bond motifs is 1. The van der Waals surface area contributed by atoms with Gasteiger partial charge in [-0.1, -0.05) is 12.1 Å². The standard InChI is InChI=1S/C25H25F6N7O3/c1-23(41,25(29,30)31)22(40)37-8-16(26)17(9-37)35-21(39)14-4-2-3-13(5-14)18-6-15(7-36-10-24(27,28)11-36)19-20(32)33-12-34-38(18)19/h2-6,12,16-17,41H,7-11H2,1H3,(H,35,39)(H2,32,33,34)/t16-,17+,23?/m0/s1. The summed E-state index contributed by atoms with van der Waals surface area (Å²) in [6.07, 6.45) is -5.92. The van der Waals surface area contributed by atoms with E-state index in [1.807, 2.05) is 0 Å². The number of carbonyl (C=O) groups excluding carboxylic acids is 2. The van der Waals surface area contributed by atoms with Crippen LogP contribution in [0.15, 0.2) is 36.7 Å². The van der Waals surface area contributed by atoms with Gasteiger partial charge in [0.25, 0.3) is 17.7 Å². The number of aliphatic hydroxyl groups is 1. The number of aromatic nitrogens is 3. The Bertz CT molecular complexity index is 1500. The normalized spacial score (nSPS) is 22.4. The number of nitrogens with two attached hydrogens (primary N) is 1. The highest BCUT2D eigenvalue weighted by atomic mass is 19.4. The second kappa shape index (κ2) is 9.87. The Hall–Kier alpha value is -3.92. The highest BCUT2D eigenvalue weighted by Crippen LogP contribution is 2.34. The van der Waals surface area contributed by atoms with Crippen LogP contribution in [0.1, 0.15) is 22.8 Å². The van der Waals surface area contributed by atoms with Crippen molar-refractivity contribution in [2.24, 2.45) is 0 Å². The van der Waals surface area contributed by atoms with E-state index in [1.54, 1.807) is 18.2 Å². The highest BCUT2D eigenvalue weighted by molar-refractivity contribution is 5.96. The van der Waals surface area contributed by atoms with Crippen LogP contribution in [0.3, 0.4) is 0 Å². The number of amides is 2. The lowest BCUT2D eigenvalue weighted by Crippen LogP contribution is -2.56. The number of anilines is 1. The molecule has 3 atom stereocenters. The molecule has 41 heavy (non-hydrogen) atoms. The van der Waals surface area contributed by atoms with E-state index in [4.69, 9.17) is 5.73 Å². The summed E-state index contributed by atoms with van der Waals surface area (Å²) in [7, 11) is 0. The fourth-order valence-electron chi connectivity index (χ4n) is 5.00. The summed E-state index contributed by atoms with van der Waals surface area (Å²) >= 11 is 0. The largest absolute Gasteiger partial charge is 0.426 e. The maximum atomic E-state index is 14.7. The fourth-order valence-corrected chi connectivity index (χ4v) is 5.00. The van der Waals surface area contributed by atoms with Crippen molar-refractivity contribution in [3.63, 3.8) is 0 Å². The summed E-state index contributed by atoms with van der Waals surface area (Å²) in [4.78, 5) is 31.3. The fraction of sp³-hybridized carbons (Fsp3) is 0.440. The van der Waals surface area contributed by atoms with Crippen molar-refractivity contribution < 1.29 is 41.0 Å². The molecule has 0 saturated carbocycles. The SMILES string of the molecule is CC(O)(C(=O)N1C[C@H](F)[C@H](NC(=O)c2cccc(-c3cc(CN4CC(F)(F)C4)c4c(N)ncnn34)c2)C1)C(F)(F)F. The summed E-state index contributed by atoms with van der Waals surface area (Å²) < 4.78 is 82.1. The molecule has 1 aromatic carbocycles. The van der Waals surface area contributed by atoms with E-state index in [0.29, 0.717) is 27.2 Å². The van der Waals surface area contributed by atoms with Gasteiger partial charge in [0, 0.05) is 24.2 Å². The Labute approximate surface area is 228 Å². The summed E-state index contributed by atoms with van der Waals surface area (Å²) in [5.74, 6) is -5.11. The molecule has 3 aromatic rings. The molecule has 16 heteroatoms. The lowest BCUT2D eigenvalue weighted by Gasteiger charge is -2.38. The minimum atomic E-state index is -5.27. The average Bonchev–Trinajstić information content (AvgIpc) is 3.43. The van der Waals surface area contributed by atoms with Crippen molar-refractivity contribution in [2.45, 2.75) is 43.4 Å². The molecule has 2 saturated heterocycles. The van der Waals surface area contributed by atoms with Crippen LogP contribution in [0, 0.1) is 0 Å². The first-order valence-electron chi connectivity index (χ1n) is 12.4. The number of nitrogens with one attached hydrogen (secondary N) is 1. The van der Waals surface area contributed by atoms with Gasteiger partial charge in [-0.05, 0) is 30.7 Å². The van der Waals surface area contributed by atoms with Gasteiger partial charge in [0.2, 0.25) is 5.60 Å². The van der Waals surface area contributed by atoms with Gasteiger partial charge in [0.15, 0.2) is 5.82 Å². The molecule has 0 aliphatic carbocycles. The number of likely N-dealkylation sites (tertiary alicyclic amines) is 2. The summed E-state index contributed by atoms with van der Waals surface area (Å²) in [5.41, 5.74) is 4.38. The molecule has 2 aromatic heterocycles. The second-order valence-corrected chi connectivity index (χ2v) is 10.4. The smallest absolute Gasteiger partial charge is 0.382 e. The molecule has 1 unspecified atom stereocenters. The monoisotopic (exact) mass is 585 g/mol. The minimum absolute atomic E-state index is 0.0719. The molecule has 4 N–H and O–H groups in total. The van der Waals surface area contributed by atoms with Gasteiger partial charge < -0.3 is 21.1 Å². The summed E-state index contributed by atoms with van der Waals surface area (Å²) in [5, 5.41) is 16.3. The van der Waals surface area contributed by atoms with Crippen LogP contribution in [-0.2, 0) is 11.3 Å². The number of halogens is 6. The average molecular weight is 586 g/mol. The molecule has 0 spiro atoms. The number of alkyl halides is 6. The maximum absolute atomic E-state index is 14.7.